The van der Waals surface area contributed by atoms with Gasteiger partial charge in [0.05, 0.1) is 23.1 Å². The van der Waals surface area contributed by atoms with Gasteiger partial charge in [-0.1, -0.05) is 85.8 Å². The zero-order chi connectivity index (χ0) is 36.6. The maximum absolute atomic E-state index is 13.7. The first-order chi connectivity index (χ1) is 25.3. The summed E-state index contributed by atoms with van der Waals surface area (Å²) in [5, 5.41) is 7.95. The van der Waals surface area contributed by atoms with Crippen molar-refractivity contribution in [1.29, 1.82) is 0 Å². The van der Waals surface area contributed by atoms with Crippen molar-refractivity contribution in [2.45, 2.75) is 30.4 Å². The van der Waals surface area contributed by atoms with E-state index in [-0.39, 0.29) is 40.0 Å². The van der Waals surface area contributed by atoms with Gasteiger partial charge < -0.3 is 20.7 Å². The third kappa shape index (κ3) is 7.87. The number of rotatable bonds is 12. The van der Waals surface area contributed by atoms with Crippen molar-refractivity contribution >= 4 is 58.5 Å². The molecule has 3 amide bonds. The number of thioether (sulfide) groups is 1. The van der Waals surface area contributed by atoms with Gasteiger partial charge in [0.1, 0.15) is 11.4 Å². The van der Waals surface area contributed by atoms with Crippen molar-refractivity contribution in [2.75, 3.05) is 17.2 Å². The van der Waals surface area contributed by atoms with Gasteiger partial charge >= 0.3 is 0 Å². The largest absolute Gasteiger partial charge is 0.493 e. The molecule has 0 bridgehead atoms. The molecule has 5 aromatic rings. The predicted octanol–water partition coefficient (Wildman–Crippen LogP) is 7.78. The van der Waals surface area contributed by atoms with E-state index in [9.17, 15) is 24.0 Å². The number of ketones is 2. The number of fused-ring (bicyclic) bond motifs is 2. The maximum atomic E-state index is 13.7. The number of hydrogen-bond donors (Lipinski definition) is 3. The molecule has 10 heteroatoms. The van der Waals surface area contributed by atoms with E-state index in [0.717, 1.165) is 0 Å². The Balaban J connectivity index is 1.20. The van der Waals surface area contributed by atoms with Gasteiger partial charge in [0, 0.05) is 38.4 Å². The smallest absolute Gasteiger partial charge is 0.272 e. The van der Waals surface area contributed by atoms with Crippen LogP contribution in [0.4, 0.5) is 11.4 Å². The van der Waals surface area contributed by atoms with Crippen LogP contribution in [0.15, 0.2) is 132 Å². The Hall–Kier alpha value is -6.26. The lowest BCUT2D eigenvalue weighted by molar-refractivity contribution is -0.116. The Kier molecular flexibility index (Phi) is 11.1. The van der Waals surface area contributed by atoms with Gasteiger partial charge in [0.15, 0.2) is 11.6 Å². The van der Waals surface area contributed by atoms with E-state index in [1.165, 1.54) is 11.8 Å². The van der Waals surface area contributed by atoms with E-state index in [1.807, 2.05) is 32.0 Å². The third-order valence-electron chi connectivity index (χ3n) is 8.29. The van der Waals surface area contributed by atoms with Crippen molar-refractivity contribution in [1.82, 2.24) is 5.32 Å². The number of carbonyl (C=O) groups excluding carboxylic acids is 5. The quantitative estimate of drug-likeness (QED) is 0.0874. The van der Waals surface area contributed by atoms with E-state index in [1.54, 1.807) is 109 Å². The van der Waals surface area contributed by atoms with Crippen LogP contribution in [0.1, 0.15) is 68.0 Å². The van der Waals surface area contributed by atoms with Gasteiger partial charge in [-0.2, -0.15) is 0 Å². The molecule has 5 aromatic carbocycles. The molecule has 260 valence electrons. The van der Waals surface area contributed by atoms with Crippen LogP contribution < -0.4 is 20.7 Å². The molecule has 0 aliphatic heterocycles. The first kappa shape index (κ1) is 35.6. The fourth-order valence-corrected chi connectivity index (χ4v) is 6.79. The van der Waals surface area contributed by atoms with Crippen molar-refractivity contribution in [3.8, 4) is 5.75 Å². The fourth-order valence-electron chi connectivity index (χ4n) is 5.78. The van der Waals surface area contributed by atoms with E-state index < -0.39 is 17.1 Å². The zero-order valence-electron chi connectivity index (χ0n) is 28.5. The van der Waals surface area contributed by atoms with E-state index in [2.05, 4.69) is 16.0 Å². The molecular weight excluding hydrogens is 675 g/mol. The SMILES string of the molecule is CCOc1ccccc1/C=C(/NC(=O)c1ccccc1)C(=O)Nc1cccc(SC(CC)C(=O)Nc2cccc3c2C(=O)c2ccccc2C3=O)c1. The van der Waals surface area contributed by atoms with E-state index in [4.69, 9.17) is 4.74 Å². The van der Waals surface area contributed by atoms with Crippen LogP contribution in [0.2, 0.25) is 0 Å². The average Bonchev–Trinajstić information content (AvgIpc) is 3.17. The second-order valence-electron chi connectivity index (χ2n) is 11.8. The van der Waals surface area contributed by atoms with Crippen LogP contribution in [0, 0.1) is 0 Å². The minimum absolute atomic E-state index is 0.00622. The van der Waals surface area contributed by atoms with Crippen molar-refractivity contribution in [3.63, 3.8) is 0 Å². The summed E-state index contributed by atoms with van der Waals surface area (Å²) < 4.78 is 5.74. The van der Waals surface area contributed by atoms with Gasteiger partial charge in [0.25, 0.3) is 11.8 Å². The molecule has 52 heavy (non-hydrogen) atoms. The zero-order valence-corrected chi connectivity index (χ0v) is 29.3. The topological polar surface area (TPSA) is 131 Å². The number of anilines is 2. The summed E-state index contributed by atoms with van der Waals surface area (Å²) >= 11 is 1.29. The monoisotopic (exact) mass is 709 g/mol. The third-order valence-corrected chi connectivity index (χ3v) is 9.65. The number of para-hydroxylation sites is 1. The first-order valence-electron chi connectivity index (χ1n) is 16.8. The molecule has 1 aliphatic carbocycles. The van der Waals surface area contributed by atoms with E-state index in [0.29, 0.717) is 51.6 Å². The molecule has 3 N–H and O–H groups in total. The lowest BCUT2D eigenvalue weighted by Gasteiger charge is -2.21. The van der Waals surface area contributed by atoms with Gasteiger partial charge in [-0.3, -0.25) is 24.0 Å². The lowest BCUT2D eigenvalue weighted by Crippen LogP contribution is -2.30. The second kappa shape index (κ2) is 16.2. The number of ether oxygens (including phenoxy) is 1. The molecular formula is C42H35N3O6S. The molecule has 0 radical (unpaired) electrons. The van der Waals surface area contributed by atoms with Crippen LogP contribution in [-0.4, -0.2) is 41.1 Å². The number of hydrogen-bond acceptors (Lipinski definition) is 7. The Bertz CT molecular complexity index is 2210. The molecule has 1 unspecified atom stereocenters. The van der Waals surface area contributed by atoms with Gasteiger partial charge in [0.2, 0.25) is 5.91 Å². The van der Waals surface area contributed by atoms with E-state index >= 15 is 0 Å². The highest BCUT2D eigenvalue weighted by molar-refractivity contribution is 8.00. The number of benzene rings is 5. The molecule has 1 atom stereocenters. The van der Waals surface area contributed by atoms with Crippen LogP contribution in [0.3, 0.4) is 0 Å². The molecule has 0 fully saturated rings. The normalized spacial score (nSPS) is 12.6. The fraction of sp³-hybridized carbons (Fsp3) is 0.119. The minimum atomic E-state index is -0.570. The molecule has 9 nitrogen and oxygen atoms in total. The van der Waals surface area contributed by atoms with Crippen molar-refractivity contribution in [3.05, 3.63) is 160 Å². The minimum Gasteiger partial charge on any atom is -0.493 e. The summed E-state index contributed by atoms with van der Waals surface area (Å²) in [5.41, 5.74) is 2.80. The summed E-state index contributed by atoms with van der Waals surface area (Å²) in [6.45, 7) is 4.16. The van der Waals surface area contributed by atoms with Crippen molar-refractivity contribution < 1.29 is 28.7 Å². The highest BCUT2D eigenvalue weighted by Gasteiger charge is 2.32. The highest BCUT2D eigenvalue weighted by atomic mass is 32.2. The Morgan fingerprint density at radius 2 is 1.40 bits per heavy atom. The summed E-state index contributed by atoms with van der Waals surface area (Å²) in [7, 11) is 0. The molecule has 6 rings (SSSR count). The summed E-state index contributed by atoms with van der Waals surface area (Å²) in [4.78, 5) is 67.9. The molecule has 0 spiro atoms. The molecule has 0 saturated heterocycles. The number of amides is 3. The second-order valence-corrected chi connectivity index (χ2v) is 13.0. The predicted molar refractivity (Wildman–Crippen MR) is 203 cm³/mol. The Labute approximate surface area is 305 Å². The van der Waals surface area contributed by atoms with Crippen LogP contribution in [0.5, 0.6) is 5.75 Å². The first-order valence-corrected chi connectivity index (χ1v) is 17.7. The highest BCUT2D eigenvalue weighted by Crippen LogP contribution is 2.34. The van der Waals surface area contributed by atoms with Gasteiger partial charge in [-0.05, 0) is 61.9 Å². The van der Waals surface area contributed by atoms with Gasteiger partial charge in [-0.25, -0.2) is 0 Å². The molecule has 0 heterocycles. The molecule has 1 aliphatic rings. The van der Waals surface area contributed by atoms with Crippen LogP contribution in [0.25, 0.3) is 6.08 Å². The molecule has 0 saturated carbocycles. The van der Waals surface area contributed by atoms with Crippen molar-refractivity contribution in [2.24, 2.45) is 0 Å². The number of nitrogens with one attached hydrogen (secondary N) is 3. The summed E-state index contributed by atoms with van der Waals surface area (Å²) in [6.07, 6.45) is 2.02. The standard InChI is InChI=1S/C42H35N3O6S/c1-3-36(42(50)44-33-22-13-21-32-37(33)39(47)31-20-10-9-19-30(31)38(32)46)52-29-18-12-17-28(25-29)43-41(49)34(45-40(48)26-14-6-5-7-15-26)24-27-16-8-11-23-35(27)51-4-2/h5-25,36H,3-4H2,1-2H3,(H,43,49)(H,44,50)(H,45,48)/b34-24+. The number of carbonyl (C=O) groups is 5. The Morgan fingerprint density at radius 3 is 2.15 bits per heavy atom. The Morgan fingerprint density at radius 1 is 0.731 bits per heavy atom. The van der Waals surface area contributed by atoms with Gasteiger partial charge in [-0.15, -0.1) is 11.8 Å². The average molecular weight is 710 g/mol. The van der Waals surface area contributed by atoms with Crippen LogP contribution in [-0.2, 0) is 9.59 Å². The summed E-state index contributed by atoms with van der Waals surface area (Å²) in [5.74, 6) is -1.37. The molecule has 0 aromatic heterocycles. The maximum Gasteiger partial charge on any atom is 0.272 e. The lowest BCUT2D eigenvalue weighted by atomic mass is 9.83. The van der Waals surface area contributed by atoms with Crippen LogP contribution >= 0.6 is 11.8 Å². The summed E-state index contributed by atoms with van der Waals surface area (Å²) in [6, 6.07) is 34.4.